The molecule has 1 aliphatic carbocycles. The van der Waals surface area contributed by atoms with Crippen molar-refractivity contribution in [2.45, 2.75) is 32.2 Å². The second kappa shape index (κ2) is 5.83. The average molecular weight is 213 g/mol. The third-order valence-electron chi connectivity index (χ3n) is 3.42. The smallest absolute Gasteiger partial charge is 0.0591 e. The van der Waals surface area contributed by atoms with Crippen LogP contribution >= 0.6 is 0 Å². The van der Waals surface area contributed by atoms with Gasteiger partial charge in [0, 0.05) is 25.1 Å². The van der Waals surface area contributed by atoms with Gasteiger partial charge in [0.05, 0.1) is 19.8 Å². The lowest BCUT2D eigenvalue weighted by Gasteiger charge is -2.13. The minimum absolute atomic E-state index is 0.644. The molecule has 1 saturated heterocycles. The standard InChI is InChI=1S/C12H23NO2/c1-10(12-2-3-12)13-5-7-15-9-11-4-6-14-8-11/h10-13H,2-9H2,1H3. The maximum atomic E-state index is 5.63. The maximum absolute atomic E-state index is 5.63. The highest BCUT2D eigenvalue weighted by molar-refractivity contribution is 4.82. The lowest BCUT2D eigenvalue weighted by atomic mass is 10.1. The Hall–Kier alpha value is -0.120. The molecule has 0 spiro atoms. The maximum Gasteiger partial charge on any atom is 0.0591 e. The van der Waals surface area contributed by atoms with E-state index in [1.165, 1.54) is 19.3 Å². The first kappa shape index (κ1) is 11.4. The van der Waals surface area contributed by atoms with Crippen molar-refractivity contribution in [1.29, 1.82) is 0 Å². The molecule has 2 aliphatic rings. The molecule has 2 unspecified atom stereocenters. The Balaban J connectivity index is 1.41. The average Bonchev–Trinajstić information content (AvgIpc) is 2.97. The van der Waals surface area contributed by atoms with Gasteiger partial charge in [-0.1, -0.05) is 0 Å². The second-order valence-corrected chi connectivity index (χ2v) is 4.88. The van der Waals surface area contributed by atoms with Gasteiger partial charge in [-0.05, 0) is 32.1 Å². The molecule has 0 aromatic rings. The lowest BCUT2D eigenvalue weighted by molar-refractivity contribution is 0.0900. The van der Waals surface area contributed by atoms with Gasteiger partial charge in [0.25, 0.3) is 0 Å². The van der Waals surface area contributed by atoms with E-state index in [2.05, 4.69) is 12.2 Å². The molecule has 0 aromatic heterocycles. The zero-order valence-corrected chi connectivity index (χ0v) is 9.71. The Kier molecular flexibility index (Phi) is 4.42. The van der Waals surface area contributed by atoms with E-state index in [1.54, 1.807) is 0 Å². The van der Waals surface area contributed by atoms with Gasteiger partial charge in [0.2, 0.25) is 0 Å². The van der Waals surface area contributed by atoms with E-state index in [9.17, 15) is 0 Å². The van der Waals surface area contributed by atoms with Crippen molar-refractivity contribution >= 4 is 0 Å². The third-order valence-corrected chi connectivity index (χ3v) is 3.42. The molecule has 1 heterocycles. The Morgan fingerprint density at radius 2 is 2.27 bits per heavy atom. The third kappa shape index (κ3) is 4.09. The van der Waals surface area contributed by atoms with E-state index >= 15 is 0 Å². The van der Waals surface area contributed by atoms with Crippen molar-refractivity contribution in [2.24, 2.45) is 11.8 Å². The summed E-state index contributed by atoms with van der Waals surface area (Å²) in [6.45, 7) is 6.80. The zero-order valence-electron chi connectivity index (χ0n) is 9.71. The van der Waals surface area contributed by atoms with Crippen LogP contribution in [0.25, 0.3) is 0 Å². The largest absolute Gasteiger partial charge is 0.381 e. The van der Waals surface area contributed by atoms with Crippen LogP contribution in [0.2, 0.25) is 0 Å². The van der Waals surface area contributed by atoms with Gasteiger partial charge < -0.3 is 14.8 Å². The normalized spacial score (nSPS) is 28.2. The first-order valence-electron chi connectivity index (χ1n) is 6.25. The molecule has 2 atom stereocenters. The molecule has 3 nitrogen and oxygen atoms in total. The van der Waals surface area contributed by atoms with Crippen LogP contribution < -0.4 is 5.32 Å². The Morgan fingerprint density at radius 1 is 1.40 bits per heavy atom. The number of ether oxygens (including phenoxy) is 2. The van der Waals surface area contributed by atoms with Gasteiger partial charge in [-0.15, -0.1) is 0 Å². The quantitative estimate of drug-likeness (QED) is 0.649. The molecule has 0 aromatic carbocycles. The van der Waals surface area contributed by atoms with Crippen LogP contribution in [-0.2, 0) is 9.47 Å². The first-order valence-corrected chi connectivity index (χ1v) is 6.25. The first-order chi connectivity index (χ1) is 7.36. The van der Waals surface area contributed by atoms with Crippen molar-refractivity contribution < 1.29 is 9.47 Å². The minimum atomic E-state index is 0.644. The molecule has 1 N–H and O–H groups in total. The summed E-state index contributed by atoms with van der Waals surface area (Å²) in [5.74, 6) is 1.58. The monoisotopic (exact) mass is 213 g/mol. The van der Waals surface area contributed by atoms with Crippen LogP contribution in [0.5, 0.6) is 0 Å². The second-order valence-electron chi connectivity index (χ2n) is 4.88. The summed E-state index contributed by atoms with van der Waals surface area (Å²) in [7, 11) is 0. The molecular formula is C12H23NO2. The minimum Gasteiger partial charge on any atom is -0.381 e. The molecule has 1 aliphatic heterocycles. The Morgan fingerprint density at radius 3 is 2.93 bits per heavy atom. The predicted molar refractivity (Wildman–Crippen MR) is 59.9 cm³/mol. The van der Waals surface area contributed by atoms with Gasteiger partial charge in [-0.25, -0.2) is 0 Å². The van der Waals surface area contributed by atoms with Gasteiger partial charge in [0.15, 0.2) is 0 Å². The van der Waals surface area contributed by atoms with Crippen LogP contribution in [0.3, 0.4) is 0 Å². The van der Waals surface area contributed by atoms with Crippen molar-refractivity contribution in [1.82, 2.24) is 5.32 Å². The molecule has 2 rings (SSSR count). The van der Waals surface area contributed by atoms with E-state index in [4.69, 9.17) is 9.47 Å². The summed E-state index contributed by atoms with van der Waals surface area (Å²) in [6, 6.07) is 0.684. The summed E-state index contributed by atoms with van der Waals surface area (Å²) >= 11 is 0. The molecule has 2 fully saturated rings. The number of nitrogens with one attached hydrogen (secondary N) is 1. The zero-order chi connectivity index (χ0) is 10.5. The van der Waals surface area contributed by atoms with E-state index in [0.717, 1.165) is 38.9 Å². The summed E-state index contributed by atoms with van der Waals surface area (Å²) in [5.41, 5.74) is 0. The number of rotatable bonds is 7. The number of hydrogen-bond acceptors (Lipinski definition) is 3. The molecule has 3 heteroatoms. The van der Waals surface area contributed by atoms with Crippen LogP contribution in [0.15, 0.2) is 0 Å². The highest BCUT2D eigenvalue weighted by atomic mass is 16.5. The summed E-state index contributed by atoms with van der Waals surface area (Å²) in [5, 5.41) is 3.51. The molecule has 15 heavy (non-hydrogen) atoms. The topological polar surface area (TPSA) is 30.5 Å². The van der Waals surface area contributed by atoms with Crippen molar-refractivity contribution in [2.75, 3.05) is 33.0 Å². The SMILES string of the molecule is CC(NCCOCC1CCOC1)C1CC1. The van der Waals surface area contributed by atoms with Gasteiger partial charge in [0.1, 0.15) is 0 Å². The van der Waals surface area contributed by atoms with Crippen LogP contribution in [0, 0.1) is 11.8 Å². The van der Waals surface area contributed by atoms with Gasteiger partial charge in [-0.2, -0.15) is 0 Å². The highest BCUT2D eigenvalue weighted by Crippen LogP contribution is 2.32. The fourth-order valence-electron chi connectivity index (χ4n) is 2.09. The fourth-order valence-corrected chi connectivity index (χ4v) is 2.09. The van der Waals surface area contributed by atoms with E-state index in [1.807, 2.05) is 0 Å². The molecule has 1 saturated carbocycles. The van der Waals surface area contributed by atoms with Crippen molar-refractivity contribution in [3.63, 3.8) is 0 Å². The van der Waals surface area contributed by atoms with Crippen molar-refractivity contribution in [3.05, 3.63) is 0 Å². The van der Waals surface area contributed by atoms with Gasteiger partial charge in [-0.3, -0.25) is 0 Å². The molecule has 0 radical (unpaired) electrons. The Bertz CT molecular complexity index is 172. The Labute approximate surface area is 92.5 Å². The van der Waals surface area contributed by atoms with Gasteiger partial charge >= 0.3 is 0 Å². The molecule has 0 bridgehead atoms. The van der Waals surface area contributed by atoms with Crippen molar-refractivity contribution in [3.8, 4) is 0 Å². The number of hydrogen-bond donors (Lipinski definition) is 1. The van der Waals surface area contributed by atoms with Crippen LogP contribution in [-0.4, -0.2) is 39.0 Å². The predicted octanol–water partition coefficient (Wildman–Crippen LogP) is 1.43. The summed E-state index contributed by atoms with van der Waals surface area (Å²) in [4.78, 5) is 0. The fraction of sp³-hybridized carbons (Fsp3) is 1.00. The van der Waals surface area contributed by atoms with E-state index in [-0.39, 0.29) is 0 Å². The molecular weight excluding hydrogens is 190 g/mol. The van der Waals surface area contributed by atoms with E-state index < -0.39 is 0 Å². The summed E-state index contributed by atoms with van der Waals surface area (Å²) < 4.78 is 10.9. The summed E-state index contributed by atoms with van der Waals surface area (Å²) in [6.07, 6.45) is 3.99. The lowest BCUT2D eigenvalue weighted by Crippen LogP contribution is -2.31. The molecule has 0 amide bonds. The molecule has 88 valence electrons. The van der Waals surface area contributed by atoms with Crippen LogP contribution in [0.4, 0.5) is 0 Å². The highest BCUT2D eigenvalue weighted by Gasteiger charge is 2.27. The van der Waals surface area contributed by atoms with E-state index in [0.29, 0.717) is 12.0 Å². The van der Waals surface area contributed by atoms with Crippen LogP contribution in [0.1, 0.15) is 26.2 Å².